The molecule has 0 saturated heterocycles. The van der Waals surface area contributed by atoms with E-state index < -0.39 is 0 Å². The summed E-state index contributed by atoms with van der Waals surface area (Å²) in [6.45, 7) is 2.25. The summed E-state index contributed by atoms with van der Waals surface area (Å²) in [5, 5.41) is 6.09. The van der Waals surface area contributed by atoms with Crippen LogP contribution in [0.2, 0.25) is 0 Å². The third-order valence-corrected chi connectivity index (χ3v) is 8.51. The minimum atomic E-state index is 0.0579. The third-order valence-electron chi connectivity index (χ3n) is 8.51. The molecule has 3 aliphatic rings. The van der Waals surface area contributed by atoms with Crippen LogP contribution in [0.15, 0.2) is 36.5 Å². The van der Waals surface area contributed by atoms with Gasteiger partial charge in [-0.15, -0.1) is 0 Å². The van der Waals surface area contributed by atoms with Crippen LogP contribution < -0.4 is 10.6 Å². The van der Waals surface area contributed by atoms with Gasteiger partial charge in [0.05, 0.1) is 17.2 Å². The quantitative estimate of drug-likeness (QED) is 0.440. The minimum Gasteiger partial charge on any atom is -0.337 e. The Morgan fingerprint density at radius 2 is 1.74 bits per heavy atom. The number of nitrogens with zero attached hydrogens (tertiary/aromatic N) is 2. The van der Waals surface area contributed by atoms with E-state index in [2.05, 4.69) is 27.5 Å². The number of aromatic nitrogens is 3. The molecule has 3 saturated carbocycles. The van der Waals surface area contributed by atoms with Gasteiger partial charge in [0.1, 0.15) is 11.6 Å². The van der Waals surface area contributed by atoms with E-state index in [4.69, 9.17) is 4.98 Å². The maximum Gasteiger partial charge on any atom is 0.228 e. The molecule has 182 valence electrons. The number of pyridine rings is 1. The topological polar surface area (TPSA) is 99.8 Å². The van der Waals surface area contributed by atoms with Gasteiger partial charge in [0, 0.05) is 29.2 Å². The molecule has 35 heavy (non-hydrogen) atoms. The molecule has 3 fully saturated rings. The van der Waals surface area contributed by atoms with E-state index in [1.807, 2.05) is 30.3 Å². The zero-order valence-electron chi connectivity index (χ0n) is 20.2. The van der Waals surface area contributed by atoms with Gasteiger partial charge in [0.2, 0.25) is 11.8 Å². The summed E-state index contributed by atoms with van der Waals surface area (Å²) in [4.78, 5) is 37.8. The van der Waals surface area contributed by atoms with Crippen LogP contribution >= 0.6 is 0 Å². The highest BCUT2D eigenvalue weighted by Crippen LogP contribution is 2.48. The summed E-state index contributed by atoms with van der Waals surface area (Å²) >= 11 is 0. The number of rotatable bonds is 5. The van der Waals surface area contributed by atoms with Crippen molar-refractivity contribution >= 4 is 34.4 Å². The summed E-state index contributed by atoms with van der Waals surface area (Å²) < 4.78 is 0. The van der Waals surface area contributed by atoms with Gasteiger partial charge in [0.25, 0.3) is 0 Å². The first-order chi connectivity index (χ1) is 17.0. The van der Waals surface area contributed by atoms with Gasteiger partial charge in [-0.3, -0.25) is 9.59 Å². The molecule has 3 aliphatic carbocycles. The maximum absolute atomic E-state index is 12.7. The Hall–Kier alpha value is -3.22. The average molecular weight is 472 g/mol. The van der Waals surface area contributed by atoms with Crippen molar-refractivity contribution in [1.29, 1.82) is 0 Å². The van der Waals surface area contributed by atoms with Crippen molar-refractivity contribution < 1.29 is 9.59 Å². The number of H-pyrrole nitrogens is 1. The number of aromatic amines is 1. The molecule has 0 radical (unpaired) electrons. The Labute approximate surface area is 205 Å². The van der Waals surface area contributed by atoms with Crippen molar-refractivity contribution in [2.24, 2.45) is 29.6 Å². The number of hydrogen-bond donors (Lipinski definition) is 3. The lowest BCUT2D eigenvalue weighted by Crippen LogP contribution is -2.27. The van der Waals surface area contributed by atoms with Crippen LogP contribution in [-0.2, 0) is 9.59 Å². The maximum atomic E-state index is 12.7. The summed E-state index contributed by atoms with van der Waals surface area (Å²) in [6.07, 6.45) is 10.6. The summed E-state index contributed by atoms with van der Waals surface area (Å²) in [5.41, 5.74) is 3.33. The van der Waals surface area contributed by atoms with Gasteiger partial charge in [-0.05, 0) is 87.0 Å². The van der Waals surface area contributed by atoms with Gasteiger partial charge >= 0.3 is 0 Å². The molecule has 2 aromatic heterocycles. The number of amides is 2. The molecule has 2 amide bonds. The highest BCUT2D eigenvalue weighted by Gasteiger charge is 2.43. The molecule has 3 unspecified atom stereocenters. The number of hydrogen-bond acceptors (Lipinski definition) is 4. The number of imidazole rings is 1. The summed E-state index contributed by atoms with van der Waals surface area (Å²) in [7, 11) is 0. The molecule has 3 atom stereocenters. The fourth-order valence-electron chi connectivity index (χ4n) is 6.38. The molecule has 6 rings (SSSR count). The van der Waals surface area contributed by atoms with E-state index in [0.29, 0.717) is 17.7 Å². The number of fused-ring (bicyclic) bond motifs is 3. The lowest BCUT2D eigenvalue weighted by Gasteiger charge is -2.25. The minimum absolute atomic E-state index is 0.0579. The molecular weight excluding hydrogens is 438 g/mol. The van der Waals surface area contributed by atoms with Gasteiger partial charge in [0.15, 0.2) is 0 Å². The number of carbonyl (C=O) groups is 2. The zero-order chi connectivity index (χ0) is 23.9. The molecule has 2 bridgehead atoms. The Bertz CT molecular complexity index is 1240. The SMILES string of the molecule is CC1CCC(C(=O)Nc2cc3nc(-c4ccc(NC(=O)C5CC6CCC5C6)cc4)[nH]c3cn2)CC1. The van der Waals surface area contributed by atoms with E-state index in [-0.39, 0.29) is 23.7 Å². The normalized spacial score (nSPS) is 27.7. The third kappa shape index (κ3) is 4.56. The number of anilines is 2. The van der Waals surface area contributed by atoms with Crippen molar-refractivity contribution in [2.75, 3.05) is 10.6 Å². The second-order valence-electron chi connectivity index (χ2n) is 11.0. The highest BCUT2D eigenvalue weighted by molar-refractivity contribution is 5.94. The number of carbonyl (C=O) groups excluding carboxylic acids is 2. The van der Waals surface area contributed by atoms with Crippen LogP contribution in [-0.4, -0.2) is 26.8 Å². The van der Waals surface area contributed by atoms with Crippen molar-refractivity contribution in [1.82, 2.24) is 15.0 Å². The highest BCUT2D eigenvalue weighted by atomic mass is 16.2. The molecule has 3 N–H and O–H groups in total. The predicted octanol–water partition coefficient (Wildman–Crippen LogP) is 5.76. The van der Waals surface area contributed by atoms with E-state index in [1.54, 1.807) is 6.20 Å². The Balaban J connectivity index is 1.11. The van der Waals surface area contributed by atoms with Gasteiger partial charge < -0.3 is 15.6 Å². The molecule has 7 nitrogen and oxygen atoms in total. The zero-order valence-corrected chi connectivity index (χ0v) is 20.2. The standard InChI is InChI=1S/C28H33N5O2/c1-16-2-5-19(6-3-16)27(34)33-25-14-23-24(15-29-25)32-26(31-23)18-8-10-21(11-9-18)30-28(35)22-13-17-4-7-20(22)12-17/h8-11,14-17,19-20,22H,2-7,12-13H2,1H3,(H,30,35)(H,31,32)(H,29,33,34). The van der Waals surface area contributed by atoms with Gasteiger partial charge in [-0.1, -0.05) is 13.3 Å². The van der Waals surface area contributed by atoms with Crippen LogP contribution in [0.3, 0.4) is 0 Å². The largest absolute Gasteiger partial charge is 0.337 e. The molecular formula is C28H33N5O2. The van der Waals surface area contributed by atoms with Crippen molar-refractivity contribution in [3.8, 4) is 11.4 Å². The van der Waals surface area contributed by atoms with Gasteiger partial charge in [-0.25, -0.2) is 9.97 Å². The fraction of sp³-hybridized carbons (Fsp3) is 0.500. The second-order valence-corrected chi connectivity index (χ2v) is 11.0. The fourth-order valence-corrected chi connectivity index (χ4v) is 6.38. The van der Waals surface area contributed by atoms with E-state index in [1.165, 1.54) is 19.3 Å². The first-order valence-electron chi connectivity index (χ1n) is 13.1. The van der Waals surface area contributed by atoms with Crippen molar-refractivity contribution in [2.45, 2.75) is 58.3 Å². The van der Waals surface area contributed by atoms with Crippen molar-refractivity contribution in [3.63, 3.8) is 0 Å². The van der Waals surface area contributed by atoms with E-state index in [0.717, 1.165) is 66.1 Å². The van der Waals surface area contributed by atoms with Crippen LogP contribution in [0.4, 0.5) is 11.5 Å². The molecule has 3 aromatic rings. The average Bonchev–Trinajstić information content (AvgIpc) is 3.60. The first-order valence-corrected chi connectivity index (χ1v) is 13.1. The first kappa shape index (κ1) is 22.3. The lowest BCUT2D eigenvalue weighted by molar-refractivity contribution is -0.122. The van der Waals surface area contributed by atoms with Crippen LogP contribution in [0.25, 0.3) is 22.4 Å². The molecule has 7 heteroatoms. The van der Waals surface area contributed by atoms with E-state index >= 15 is 0 Å². The lowest BCUT2D eigenvalue weighted by atomic mass is 9.82. The molecule has 0 aliphatic heterocycles. The molecule has 1 aromatic carbocycles. The number of nitrogens with one attached hydrogen (secondary N) is 3. The summed E-state index contributed by atoms with van der Waals surface area (Å²) in [6, 6.07) is 9.62. The second kappa shape index (κ2) is 9.10. The molecule has 2 heterocycles. The smallest absolute Gasteiger partial charge is 0.228 e. The van der Waals surface area contributed by atoms with Crippen molar-refractivity contribution in [3.05, 3.63) is 36.5 Å². The predicted molar refractivity (Wildman–Crippen MR) is 137 cm³/mol. The van der Waals surface area contributed by atoms with E-state index in [9.17, 15) is 9.59 Å². The molecule has 0 spiro atoms. The van der Waals surface area contributed by atoms with Crippen LogP contribution in [0, 0.1) is 29.6 Å². The Morgan fingerprint density at radius 3 is 2.46 bits per heavy atom. The Morgan fingerprint density at radius 1 is 0.943 bits per heavy atom. The summed E-state index contributed by atoms with van der Waals surface area (Å²) in [5.74, 6) is 3.78. The van der Waals surface area contributed by atoms with Gasteiger partial charge in [-0.2, -0.15) is 0 Å². The Kier molecular flexibility index (Phi) is 5.78. The monoisotopic (exact) mass is 471 g/mol. The van der Waals surface area contributed by atoms with Crippen LogP contribution in [0.5, 0.6) is 0 Å². The number of benzene rings is 1. The van der Waals surface area contributed by atoms with Crippen LogP contribution in [0.1, 0.15) is 58.3 Å².